The van der Waals surface area contributed by atoms with E-state index in [9.17, 15) is 0 Å². The molecule has 0 aliphatic carbocycles. The molecule has 86 valence electrons. The molecular weight excluding hydrogens is 256 g/mol. The van der Waals surface area contributed by atoms with Crippen LogP contribution in [0.2, 0.25) is 0 Å². The lowest BCUT2D eigenvalue weighted by molar-refractivity contribution is 0.912. The maximum Gasteiger partial charge on any atom is 0.0345 e. The summed E-state index contributed by atoms with van der Waals surface area (Å²) in [5.74, 6) is 1.86. The average molecular weight is 271 g/mol. The molecule has 0 radical (unpaired) electrons. The number of alkyl halides is 1. The number of halogens is 1. The van der Waals surface area contributed by atoms with Gasteiger partial charge in [-0.3, -0.25) is 0 Å². The number of benzene rings is 1. The van der Waals surface area contributed by atoms with Gasteiger partial charge in [0, 0.05) is 21.6 Å². The number of thiophene rings is 1. The number of fused-ring (bicyclic) bond motifs is 1. The van der Waals surface area contributed by atoms with Crippen LogP contribution in [-0.4, -0.2) is 11.1 Å². The van der Waals surface area contributed by atoms with Gasteiger partial charge in [0.2, 0.25) is 0 Å². The van der Waals surface area contributed by atoms with Crippen LogP contribution in [0.5, 0.6) is 0 Å². The molecule has 0 aliphatic rings. The molecule has 0 aliphatic heterocycles. The smallest absolute Gasteiger partial charge is 0.0345 e. The minimum Gasteiger partial charge on any atom is -0.154 e. The molecule has 0 amide bonds. The van der Waals surface area contributed by atoms with Crippen LogP contribution in [0.4, 0.5) is 0 Å². The van der Waals surface area contributed by atoms with E-state index in [-0.39, 0.29) is 0 Å². The van der Waals surface area contributed by atoms with Crippen LogP contribution in [0.1, 0.15) is 18.9 Å². The summed E-state index contributed by atoms with van der Waals surface area (Å²) in [6.45, 7) is 2.25. The molecular formula is C13H15ClS2. The van der Waals surface area contributed by atoms with Crippen molar-refractivity contribution >= 4 is 44.8 Å². The minimum absolute atomic E-state index is 0.649. The summed E-state index contributed by atoms with van der Waals surface area (Å²) in [6.07, 6.45) is 1.09. The molecule has 1 aromatic carbocycles. The normalized spacial score (nSPS) is 13.1. The van der Waals surface area contributed by atoms with E-state index in [0.29, 0.717) is 5.25 Å². The van der Waals surface area contributed by atoms with E-state index in [1.54, 1.807) is 0 Å². The first-order valence-corrected chi connectivity index (χ1v) is 7.90. The highest BCUT2D eigenvalue weighted by Gasteiger charge is 2.06. The Hall–Kier alpha value is -0.180. The lowest BCUT2D eigenvalue weighted by Gasteiger charge is -2.08. The quantitative estimate of drug-likeness (QED) is 0.677. The number of hydrogen-bond acceptors (Lipinski definition) is 2. The fourth-order valence-corrected chi connectivity index (χ4v) is 4.13. The van der Waals surface area contributed by atoms with Crippen LogP contribution in [0, 0.1) is 0 Å². The minimum atomic E-state index is 0.649. The highest BCUT2D eigenvalue weighted by molar-refractivity contribution is 7.99. The third-order valence-electron chi connectivity index (χ3n) is 2.60. The molecule has 0 fully saturated rings. The van der Waals surface area contributed by atoms with Crippen LogP contribution in [-0.2, 0) is 5.75 Å². The zero-order valence-corrected chi connectivity index (χ0v) is 11.7. The molecule has 0 saturated carbocycles. The third kappa shape index (κ3) is 2.93. The molecule has 1 atom stereocenters. The van der Waals surface area contributed by atoms with Crippen molar-refractivity contribution in [1.29, 1.82) is 0 Å². The van der Waals surface area contributed by atoms with Gasteiger partial charge in [-0.1, -0.05) is 25.1 Å². The molecule has 3 heteroatoms. The van der Waals surface area contributed by atoms with Crippen molar-refractivity contribution in [3.05, 3.63) is 35.2 Å². The van der Waals surface area contributed by atoms with Gasteiger partial charge in [-0.25, -0.2) is 0 Å². The Kier molecular flexibility index (Phi) is 4.56. The van der Waals surface area contributed by atoms with E-state index >= 15 is 0 Å². The SMILES string of the molecule is CC(CCCl)SCc1csc2ccccc12. The average Bonchev–Trinajstić information content (AvgIpc) is 2.70. The molecule has 0 saturated heterocycles. The van der Waals surface area contributed by atoms with E-state index in [4.69, 9.17) is 11.6 Å². The Morgan fingerprint density at radius 3 is 3.00 bits per heavy atom. The lowest BCUT2D eigenvalue weighted by atomic mass is 10.2. The van der Waals surface area contributed by atoms with Crippen LogP contribution in [0.25, 0.3) is 10.1 Å². The van der Waals surface area contributed by atoms with Crippen LogP contribution >= 0.6 is 34.7 Å². The molecule has 0 spiro atoms. The highest BCUT2D eigenvalue weighted by Crippen LogP contribution is 2.30. The van der Waals surface area contributed by atoms with Crippen molar-refractivity contribution in [1.82, 2.24) is 0 Å². The largest absolute Gasteiger partial charge is 0.154 e. The van der Waals surface area contributed by atoms with Gasteiger partial charge >= 0.3 is 0 Å². The third-order valence-corrected chi connectivity index (χ3v) is 5.11. The first kappa shape index (κ1) is 12.3. The molecule has 0 nitrogen and oxygen atoms in total. The zero-order valence-electron chi connectivity index (χ0n) is 9.28. The maximum absolute atomic E-state index is 5.74. The Balaban J connectivity index is 2.04. The summed E-state index contributed by atoms with van der Waals surface area (Å²) in [7, 11) is 0. The number of thioether (sulfide) groups is 1. The van der Waals surface area contributed by atoms with Gasteiger partial charge in [-0.15, -0.1) is 22.9 Å². The molecule has 0 bridgehead atoms. The van der Waals surface area contributed by atoms with Crippen LogP contribution in [0.15, 0.2) is 29.6 Å². The van der Waals surface area contributed by atoms with Crippen LogP contribution in [0.3, 0.4) is 0 Å². The van der Waals surface area contributed by atoms with Gasteiger partial charge in [-0.05, 0) is 28.8 Å². The summed E-state index contributed by atoms with van der Waals surface area (Å²) in [5.41, 5.74) is 1.46. The van der Waals surface area contributed by atoms with Crippen molar-refractivity contribution < 1.29 is 0 Å². The van der Waals surface area contributed by atoms with Crippen molar-refractivity contribution in [3.63, 3.8) is 0 Å². The molecule has 1 heterocycles. The van der Waals surface area contributed by atoms with Gasteiger partial charge in [-0.2, -0.15) is 11.8 Å². The number of hydrogen-bond donors (Lipinski definition) is 0. The Morgan fingerprint density at radius 2 is 2.19 bits per heavy atom. The molecule has 16 heavy (non-hydrogen) atoms. The molecule has 1 unspecified atom stereocenters. The first-order chi connectivity index (χ1) is 7.81. The predicted molar refractivity (Wildman–Crippen MR) is 77.9 cm³/mol. The van der Waals surface area contributed by atoms with Crippen molar-refractivity contribution in [2.45, 2.75) is 24.3 Å². The van der Waals surface area contributed by atoms with Gasteiger partial charge < -0.3 is 0 Å². The topological polar surface area (TPSA) is 0 Å². The summed E-state index contributed by atoms with van der Waals surface area (Å²) < 4.78 is 1.39. The second kappa shape index (κ2) is 5.95. The van der Waals surface area contributed by atoms with Crippen LogP contribution < -0.4 is 0 Å². The Bertz CT molecular complexity index is 450. The predicted octanol–water partition coefficient (Wildman–Crippen LogP) is 5.15. The van der Waals surface area contributed by atoms with E-state index in [0.717, 1.165) is 18.1 Å². The monoisotopic (exact) mass is 270 g/mol. The number of rotatable bonds is 5. The van der Waals surface area contributed by atoms with E-state index in [1.165, 1.54) is 15.6 Å². The Labute approximate surface area is 110 Å². The molecule has 0 N–H and O–H groups in total. The molecule has 2 aromatic rings. The van der Waals surface area contributed by atoms with E-state index in [2.05, 4.69) is 36.6 Å². The fourth-order valence-electron chi connectivity index (χ4n) is 1.61. The van der Waals surface area contributed by atoms with Gasteiger partial charge in [0.1, 0.15) is 0 Å². The molecule has 2 rings (SSSR count). The second-order valence-corrected chi connectivity index (χ2v) is 6.57. The summed E-state index contributed by atoms with van der Waals surface area (Å²) in [5, 5.41) is 4.35. The molecule has 1 aromatic heterocycles. The van der Waals surface area contributed by atoms with Gasteiger partial charge in [0.05, 0.1) is 0 Å². The van der Waals surface area contributed by atoms with E-state index < -0.39 is 0 Å². The van der Waals surface area contributed by atoms with Crippen molar-refractivity contribution in [3.8, 4) is 0 Å². The van der Waals surface area contributed by atoms with Crippen molar-refractivity contribution in [2.75, 3.05) is 5.88 Å². The highest BCUT2D eigenvalue weighted by atomic mass is 35.5. The summed E-state index contributed by atoms with van der Waals surface area (Å²) >= 11 is 9.58. The zero-order chi connectivity index (χ0) is 11.4. The lowest BCUT2D eigenvalue weighted by Crippen LogP contribution is -1.97. The van der Waals surface area contributed by atoms with Gasteiger partial charge in [0.15, 0.2) is 0 Å². The standard InChI is InChI=1S/C13H15ClS2/c1-10(6-7-14)15-8-11-9-16-13-5-3-2-4-12(11)13/h2-5,9-10H,6-8H2,1H3. The Morgan fingerprint density at radius 1 is 1.38 bits per heavy atom. The fraction of sp³-hybridized carbons (Fsp3) is 0.385. The maximum atomic E-state index is 5.74. The van der Waals surface area contributed by atoms with Crippen molar-refractivity contribution in [2.24, 2.45) is 0 Å². The summed E-state index contributed by atoms with van der Waals surface area (Å²) in [6, 6.07) is 8.63. The second-order valence-electron chi connectivity index (χ2n) is 3.86. The van der Waals surface area contributed by atoms with Gasteiger partial charge in [0.25, 0.3) is 0 Å². The first-order valence-electron chi connectivity index (χ1n) is 5.44. The summed E-state index contributed by atoms with van der Waals surface area (Å²) in [4.78, 5) is 0. The van der Waals surface area contributed by atoms with E-state index in [1.807, 2.05) is 23.1 Å².